The summed E-state index contributed by atoms with van der Waals surface area (Å²) in [5.41, 5.74) is 2.64. The van der Waals surface area contributed by atoms with Crippen LogP contribution in [0.2, 0.25) is 0 Å². The van der Waals surface area contributed by atoms with Crippen LogP contribution in [0.3, 0.4) is 0 Å². The molecule has 6 nitrogen and oxygen atoms in total. The molecule has 25 heavy (non-hydrogen) atoms. The van der Waals surface area contributed by atoms with Gasteiger partial charge in [-0.05, 0) is 56.3 Å². The number of aromatic nitrogens is 1. The second-order valence-corrected chi connectivity index (χ2v) is 6.53. The number of carbonyl (C=O) groups is 2. The van der Waals surface area contributed by atoms with Crippen molar-refractivity contribution < 1.29 is 14.3 Å². The number of nitrogens with one attached hydrogen (secondary N) is 2. The van der Waals surface area contributed by atoms with Crippen molar-refractivity contribution in [2.24, 2.45) is 0 Å². The summed E-state index contributed by atoms with van der Waals surface area (Å²) < 4.78 is 5.94. The van der Waals surface area contributed by atoms with Crippen molar-refractivity contribution in [1.82, 2.24) is 4.98 Å². The summed E-state index contributed by atoms with van der Waals surface area (Å²) in [4.78, 5) is 28.1. The zero-order chi connectivity index (χ0) is 17.8. The van der Waals surface area contributed by atoms with E-state index in [4.69, 9.17) is 4.74 Å². The fourth-order valence-corrected chi connectivity index (χ4v) is 3.18. The Labute approximate surface area is 148 Å². The van der Waals surface area contributed by atoms with Crippen LogP contribution < -0.4 is 10.6 Å². The topological polar surface area (TPSA) is 80.3 Å². The van der Waals surface area contributed by atoms with Gasteiger partial charge in [0.2, 0.25) is 0 Å². The largest absolute Gasteiger partial charge is 0.462 e. The van der Waals surface area contributed by atoms with E-state index < -0.39 is 0 Å². The van der Waals surface area contributed by atoms with Gasteiger partial charge in [-0.25, -0.2) is 14.6 Å². The molecular formula is C18H17N3O3S. The van der Waals surface area contributed by atoms with E-state index in [1.165, 1.54) is 0 Å². The second-order valence-electron chi connectivity index (χ2n) is 5.29. The van der Waals surface area contributed by atoms with Crippen molar-refractivity contribution >= 4 is 44.9 Å². The zero-order valence-corrected chi connectivity index (χ0v) is 14.6. The zero-order valence-electron chi connectivity index (χ0n) is 13.8. The van der Waals surface area contributed by atoms with E-state index in [9.17, 15) is 9.59 Å². The summed E-state index contributed by atoms with van der Waals surface area (Å²) in [6.45, 7) is 4.03. The van der Waals surface area contributed by atoms with Crippen LogP contribution in [0.25, 0.3) is 10.2 Å². The summed E-state index contributed by atoms with van der Waals surface area (Å²) in [5.74, 6) is -0.383. The van der Waals surface area contributed by atoms with E-state index in [1.807, 2.05) is 25.1 Å². The summed E-state index contributed by atoms with van der Waals surface area (Å²) >= 11 is 1.58. The van der Waals surface area contributed by atoms with E-state index in [1.54, 1.807) is 42.5 Å². The quantitative estimate of drug-likeness (QED) is 0.679. The first kappa shape index (κ1) is 16.9. The monoisotopic (exact) mass is 355 g/mol. The van der Waals surface area contributed by atoms with E-state index in [-0.39, 0.29) is 12.0 Å². The maximum atomic E-state index is 12.1. The molecule has 2 N–H and O–H groups in total. The molecule has 2 amide bonds. The molecule has 0 saturated heterocycles. The lowest BCUT2D eigenvalue weighted by Gasteiger charge is -2.08. The number of carbonyl (C=O) groups excluding carboxylic acids is 2. The highest BCUT2D eigenvalue weighted by molar-refractivity contribution is 7.18. The van der Waals surface area contributed by atoms with Crippen LogP contribution in [0.1, 0.15) is 22.3 Å². The first-order valence-corrected chi connectivity index (χ1v) is 8.59. The lowest BCUT2D eigenvalue weighted by atomic mass is 10.2. The normalized spacial score (nSPS) is 10.5. The van der Waals surface area contributed by atoms with Crippen molar-refractivity contribution in [3.63, 3.8) is 0 Å². The molecule has 0 aliphatic rings. The van der Waals surface area contributed by atoms with Gasteiger partial charge in [-0.1, -0.05) is 0 Å². The van der Waals surface area contributed by atoms with Gasteiger partial charge in [0.1, 0.15) is 0 Å². The summed E-state index contributed by atoms with van der Waals surface area (Å²) in [6.07, 6.45) is 0. The minimum atomic E-state index is -0.383. The molecule has 0 fully saturated rings. The van der Waals surface area contributed by atoms with Gasteiger partial charge >= 0.3 is 12.0 Å². The number of anilines is 2. The molecule has 3 aromatic rings. The number of rotatable bonds is 4. The molecule has 3 rings (SSSR count). The lowest BCUT2D eigenvalue weighted by molar-refractivity contribution is 0.0526. The molecule has 0 aliphatic carbocycles. The first-order chi connectivity index (χ1) is 12.0. The molecule has 128 valence electrons. The van der Waals surface area contributed by atoms with Crippen LogP contribution in [0.15, 0.2) is 42.5 Å². The Morgan fingerprint density at radius 2 is 1.76 bits per heavy atom. The molecular weight excluding hydrogens is 338 g/mol. The second kappa shape index (κ2) is 7.31. The molecule has 0 bridgehead atoms. The van der Waals surface area contributed by atoms with Crippen molar-refractivity contribution in [3.05, 3.63) is 53.0 Å². The number of thiazole rings is 1. The third-order valence-corrected chi connectivity index (χ3v) is 4.34. The van der Waals surface area contributed by atoms with Gasteiger partial charge in [0.05, 0.1) is 27.4 Å². The van der Waals surface area contributed by atoms with Crippen LogP contribution in [-0.2, 0) is 4.74 Å². The lowest BCUT2D eigenvalue weighted by Crippen LogP contribution is -2.19. The molecule has 0 spiro atoms. The number of urea groups is 1. The number of esters is 1. The highest BCUT2D eigenvalue weighted by Crippen LogP contribution is 2.24. The van der Waals surface area contributed by atoms with Crippen molar-refractivity contribution in [3.8, 4) is 0 Å². The maximum absolute atomic E-state index is 12.1. The van der Waals surface area contributed by atoms with Gasteiger partial charge in [0.15, 0.2) is 0 Å². The molecule has 0 aliphatic heterocycles. The molecule has 1 heterocycles. The molecule has 0 atom stereocenters. The van der Waals surface area contributed by atoms with Crippen molar-refractivity contribution in [2.45, 2.75) is 13.8 Å². The van der Waals surface area contributed by atoms with Gasteiger partial charge in [0, 0.05) is 11.4 Å². The number of benzene rings is 2. The van der Waals surface area contributed by atoms with E-state index >= 15 is 0 Å². The number of aryl methyl sites for hydroxylation is 1. The van der Waals surface area contributed by atoms with Crippen molar-refractivity contribution in [2.75, 3.05) is 17.2 Å². The Kier molecular flexibility index (Phi) is 4.95. The van der Waals surface area contributed by atoms with Gasteiger partial charge < -0.3 is 15.4 Å². The minimum absolute atomic E-state index is 0.324. The van der Waals surface area contributed by atoms with Crippen molar-refractivity contribution in [1.29, 1.82) is 0 Å². The summed E-state index contributed by atoms with van der Waals surface area (Å²) in [7, 11) is 0. The molecule has 2 aromatic carbocycles. The SMILES string of the molecule is CCOC(=O)c1ccc(NC(=O)Nc2ccc3nc(C)sc3c2)cc1. The van der Waals surface area contributed by atoms with Gasteiger partial charge in [-0.2, -0.15) is 0 Å². The smallest absolute Gasteiger partial charge is 0.338 e. The highest BCUT2D eigenvalue weighted by Gasteiger charge is 2.08. The Morgan fingerprint density at radius 1 is 1.08 bits per heavy atom. The molecule has 7 heteroatoms. The van der Waals surface area contributed by atoms with Crippen LogP contribution in [-0.4, -0.2) is 23.6 Å². The standard InChI is InChI=1S/C18H17N3O3S/c1-3-24-17(22)12-4-6-13(7-5-12)20-18(23)21-14-8-9-15-16(10-14)25-11(2)19-15/h4-10H,3H2,1-2H3,(H2,20,21,23). The molecule has 0 saturated carbocycles. The van der Waals surface area contributed by atoms with Crippen LogP contribution in [0, 0.1) is 6.92 Å². The van der Waals surface area contributed by atoms with E-state index in [0.29, 0.717) is 23.5 Å². The maximum Gasteiger partial charge on any atom is 0.338 e. The average molecular weight is 355 g/mol. The number of hydrogen-bond donors (Lipinski definition) is 2. The third kappa shape index (κ3) is 4.13. The third-order valence-electron chi connectivity index (χ3n) is 3.41. The number of nitrogens with zero attached hydrogens (tertiary/aromatic N) is 1. The summed E-state index contributed by atoms with van der Waals surface area (Å²) in [6, 6.07) is 11.8. The first-order valence-electron chi connectivity index (χ1n) is 7.77. The predicted molar refractivity (Wildman–Crippen MR) is 99.4 cm³/mol. The predicted octanol–water partition coefficient (Wildman–Crippen LogP) is 4.43. The fourth-order valence-electron chi connectivity index (χ4n) is 2.32. The number of hydrogen-bond acceptors (Lipinski definition) is 5. The van der Waals surface area contributed by atoms with Gasteiger partial charge in [-0.3, -0.25) is 0 Å². The number of ether oxygens (including phenoxy) is 1. The Morgan fingerprint density at radius 3 is 2.48 bits per heavy atom. The highest BCUT2D eigenvalue weighted by atomic mass is 32.1. The molecule has 1 aromatic heterocycles. The molecule has 0 unspecified atom stereocenters. The van der Waals surface area contributed by atoms with Gasteiger partial charge in [0.25, 0.3) is 0 Å². The van der Waals surface area contributed by atoms with Crippen LogP contribution in [0.5, 0.6) is 0 Å². The summed E-state index contributed by atoms with van der Waals surface area (Å²) in [5, 5.41) is 6.50. The van der Waals surface area contributed by atoms with Gasteiger partial charge in [-0.15, -0.1) is 11.3 Å². The molecule has 0 radical (unpaired) electrons. The minimum Gasteiger partial charge on any atom is -0.462 e. The Hall–Kier alpha value is -2.93. The average Bonchev–Trinajstić information content (AvgIpc) is 2.95. The number of fused-ring (bicyclic) bond motifs is 1. The van der Waals surface area contributed by atoms with Crippen LogP contribution in [0.4, 0.5) is 16.2 Å². The Balaban J connectivity index is 1.64. The van der Waals surface area contributed by atoms with Crippen LogP contribution >= 0.6 is 11.3 Å². The number of amides is 2. The Bertz CT molecular complexity index is 919. The fraction of sp³-hybridized carbons (Fsp3) is 0.167. The van der Waals surface area contributed by atoms with E-state index in [2.05, 4.69) is 15.6 Å². The van der Waals surface area contributed by atoms with E-state index in [0.717, 1.165) is 15.2 Å².